The van der Waals surface area contributed by atoms with Crippen molar-refractivity contribution in [3.05, 3.63) is 11.6 Å². The molecule has 0 saturated carbocycles. The number of carbonyl (C=O) groups is 1. The molecule has 0 aromatic heterocycles. The van der Waals surface area contributed by atoms with Gasteiger partial charge in [-0.05, 0) is 25.3 Å². The number of unbranched alkanes of at least 4 members (excludes halogenated alkanes) is 4. The van der Waals surface area contributed by atoms with Crippen LogP contribution in [0.5, 0.6) is 0 Å². The summed E-state index contributed by atoms with van der Waals surface area (Å²) in [6, 6.07) is 0. The molecule has 0 fully saturated rings. The number of rotatable bonds is 6. The minimum absolute atomic E-state index is 0.318. The van der Waals surface area contributed by atoms with Gasteiger partial charge in [0.15, 0.2) is 0 Å². The molecule has 3 heteroatoms. The van der Waals surface area contributed by atoms with Gasteiger partial charge in [0.05, 0.1) is 0 Å². The molecule has 0 aliphatic carbocycles. The SMILES string of the molecule is CCCCCCC[C@H]1OC(=O)C=C(C)[C@@H]1O. The molecule has 16 heavy (non-hydrogen) atoms. The van der Waals surface area contributed by atoms with Crippen molar-refractivity contribution in [2.75, 3.05) is 0 Å². The molecule has 2 atom stereocenters. The zero-order valence-corrected chi connectivity index (χ0v) is 10.2. The van der Waals surface area contributed by atoms with Gasteiger partial charge in [-0.3, -0.25) is 0 Å². The van der Waals surface area contributed by atoms with Crippen LogP contribution in [0.25, 0.3) is 0 Å². The fraction of sp³-hybridized carbons (Fsp3) is 0.769. The molecule has 0 unspecified atom stereocenters. The molecule has 0 aromatic rings. The predicted molar refractivity (Wildman–Crippen MR) is 63.0 cm³/mol. The zero-order valence-electron chi connectivity index (χ0n) is 10.2. The molecule has 0 aromatic carbocycles. The first-order valence-corrected chi connectivity index (χ1v) is 6.22. The summed E-state index contributed by atoms with van der Waals surface area (Å²) >= 11 is 0. The van der Waals surface area contributed by atoms with Crippen molar-refractivity contribution in [1.82, 2.24) is 0 Å². The third kappa shape index (κ3) is 3.97. The Balaban J connectivity index is 2.27. The lowest BCUT2D eigenvalue weighted by atomic mass is 9.98. The third-order valence-corrected chi connectivity index (χ3v) is 3.02. The van der Waals surface area contributed by atoms with E-state index in [4.69, 9.17) is 4.74 Å². The van der Waals surface area contributed by atoms with Crippen molar-refractivity contribution in [1.29, 1.82) is 0 Å². The summed E-state index contributed by atoms with van der Waals surface area (Å²) in [6.45, 7) is 3.95. The Bertz CT molecular complexity index is 258. The van der Waals surface area contributed by atoms with Crippen molar-refractivity contribution in [2.24, 2.45) is 0 Å². The topological polar surface area (TPSA) is 46.5 Å². The molecule has 1 heterocycles. The normalized spacial score (nSPS) is 25.2. The van der Waals surface area contributed by atoms with E-state index in [1.807, 2.05) is 0 Å². The Hall–Kier alpha value is -0.830. The second kappa shape index (κ2) is 6.69. The maximum atomic E-state index is 11.2. The molecule has 1 aliphatic rings. The van der Waals surface area contributed by atoms with Gasteiger partial charge in [-0.2, -0.15) is 0 Å². The van der Waals surface area contributed by atoms with E-state index in [1.54, 1.807) is 6.92 Å². The van der Waals surface area contributed by atoms with Gasteiger partial charge in [0, 0.05) is 6.08 Å². The van der Waals surface area contributed by atoms with Crippen LogP contribution in [0.15, 0.2) is 11.6 Å². The number of cyclic esters (lactones) is 1. The molecule has 0 amide bonds. The van der Waals surface area contributed by atoms with E-state index in [1.165, 1.54) is 25.3 Å². The molecular weight excluding hydrogens is 204 g/mol. The monoisotopic (exact) mass is 226 g/mol. The van der Waals surface area contributed by atoms with E-state index in [-0.39, 0.29) is 12.1 Å². The van der Waals surface area contributed by atoms with Gasteiger partial charge in [0.2, 0.25) is 0 Å². The van der Waals surface area contributed by atoms with Gasteiger partial charge in [0.1, 0.15) is 12.2 Å². The predicted octanol–water partition coefficient (Wildman–Crippen LogP) is 2.58. The highest BCUT2D eigenvalue weighted by Gasteiger charge is 2.28. The number of carbonyl (C=O) groups excluding carboxylic acids is 1. The standard InChI is InChI=1S/C13H22O3/c1-3-4-5-6-7-8-11-13(15)10(2)9-12(14)16-11/h9,11,13,15H,3-8H2,1-2H3/t11-,13+/m1/s1. The number of hydrogen-bond donors (Lipinski definition) is 1. The first-order valence-electron chi connectivity index (χ1n) is 6.22. The van der Waals surface area contributed by atoms with E-state index < -0.39 is 6.10 Å². The quantitative estimate of drug-likeness (QED) is 0.559. The maximum Gasteiger partial charge on any atom is 0.331 e. The summed E-state index contributed by atoms with van der Waals surface area (Å²) in [4.78, 5) is 11.2. The highest BCUT2D eigenvalue weighted by molar-refractivity contribution is 5.84. The van der Waals surface area contributed by atoms with E-state index in [9.17, 15) is 9.90 Å². The first-order chi connectivity index (χ1) is 7.65. The maximum absolute atomic E-state index is 11.2. The lowest BCUT2D eigenvalue weighted by Gasteiger charge is -2.27. The molecule has 92 valence electrons. The highest BCUT2D eigenvalue weighted by Crippen LogP contribution is 2.21. The van der Waals surface area contributed by atoms with Crippen molar-refractivity contribution in [2.45, 2.75) is 64.6 Å². The molecule has 1 aliphatic heterocycles. The van der Waals surface area contributed by atoms with E-state index in [0.29, 0.717) is 0 Å². The Labute approximate surface area is 97.5 Å². The Kier molecular flexibility index (Phi) is 5.53. The summed E-state index contributed by atoms with van der Waals surface area (Å²) in [6.07, 6.45) is 7.07. The van der Waals surface area contributed by atoms with E-state index in [0.717, 1.165) is 24.8 Å². The molecule has 1 rings (SSSR count). The number of ether oxygens (including phenoxy) is 1. The molecule has 3 nitrogen and oxygen atoms in total. The minimum Gasteiger partial charge on any atom is -0.456 e. The number of hydrogen-bond acceptors (Lipinski definition) is 3. The molecule has 1 N–H and O–H groups in total. The van der Waals surface area contributed by atoms with Crippen LogP contribution in [-0.4, -0.2) is 23.3 Å². The Morgan fingerprint density at radius 1 is 1.31 bits per heavy atom. The Morgan fingerprint density at radius 2 is 2.00 bits per heavy atom. The average molecular weight is 226 g/mol. The first kappa shape index (κ1) is 13.2. The number of aliphatic hydroxyl groups excluding tert-OH is 1. The fourth-order valence-corrected chi connectivity index (χ4v) is 1.98. The summed E-state index contributed by atoms with van der Waals surface area (Å²) in [7, 11) is 0. The van der Waals surface area contributed by atoms with Gasteiger partial charge in [0.25, 0.3) is 0 Å². The summed E-state index contributed by atoms with van der Waals surface area (Å²) in [5, 5.41) is 9.81. The van der Waals surface area contributed by atoms with Crippen LogP contribution in [0, 0.1) is 0 Å². The van der Waals surface area contributed by atoms with E-state index >= 15 is 0 Å². The van der Waals surface area contributed by atoms with Gasteiger partial charge < -0.3 is 9.84 Å². The Morgan fingerprint density at radius 3 is 2.69 bits per heavy atom. The van der Waals surface area contributed by atoms with Gasteiger partial charge >= 0.3 is 5.97 Å². The zero-order chi connectivity index (χ0) is 12.0. The highest BCUT2D eigenvalue weighted by atomic mass is 16.6. The molecular formula is C13H22O3. The van der Waals surface area contributed by atoms with Crippen LogP contribution < -0.4 is 0 Å². The lowest BCUT2D eigenvalue weighted by Crippen LogP contribution is -2.35. The van der Waals surface area contributed by atoms with Crippen molar-refractivity contribution in [3.8, 4) is 0 Å². The second-order valence-electron chi connectivity index (χ2n) is 4.51. The van der Waals surface area contributed by atoms with Gasteiger partial charge in [-0.15, -0.1) is 0 Å². The molecule has 0 radical (unpaired) electrons. The summed E-state index contributed by atoms with van der Waals surface area (Å²) in [5.74, 6) is -0.318. The second-order valence-corrected chi connectivity index (χ2v) is 4.51. The van der Waals surface area contributed by atoms with Gasteiger partial charge in [-0.1, -0.05) is 32.6 Å². The average Bonchev–Trinajstić information content (AvgIpc) is 2.24. The van der Waals surface area contributed by atoms with Crippen LogP contribution in [0.1, 0.15) is 52.4 Å². The van der Waals surface area contributed by atoms with E-state index in [2.05, 4.69) is 6.92 Å². The van der Waals surface area contributed by atoms with Crippen LogP contribution in [0.4, 0.5) is 0 Å². The van der Waals surface area contributed by atoms with Crippen LogP contribution >= 0.6 is 0 Å². The smallest absolute Gasteiger partial charge is 0.331 e. The third-order valence-electron chi connectivity index (χ3n) is 3.02. The summed E-state index contributed by atoms with van der Waals surface area (Å²) in [5.41, 5.74) is 0.717. The van der Waals surface area contributed by atoms with Crippen molar-refractivity contribution in [3.63, 3.8) is 0 Å². The fourth-order valence-electron chi connectivity index (χ4n) is 1.98. The van der Waals surface area contributed by atoms with Crippen LogP contribution in [-0.2, 0) is 9.53 Å². The molecule has 0 bridgehead atoms. The van der Waals surface area contributed by atoms with Crippen molar-refractivity contribution >= 4 is 5.97 Å². The minimum atomic E-state index is -0.608. The molecule has 0 spiro atoms. The number of aliphatic hydroxyl groups is 1. The van der Waals surface area contributed by atoms with Crippen LogP contribution in [0.2, 0.25) is 0 Å². The lowest BCUT2D eigenvalue weighted by molar-refractivity contribution is -0.150. The van der Waals surface area contributed by atoms with Crippen LogP contribution in [0.3, 0.4) is 0 Å². The molecule has 0 saturated heterocycles. The summed E-state index contributed by atoms with van der Waals surface area (Å²) < 4.78 is 5.11. The largest absolute Gasteiger partial charge is 0.456 e. The number of esters is 1. The van der Waals surface area contributed by atoms with Crippen molar-refractivity contribution < 1.29 is 14.6 Å². The van der Waals surface area contributed by atoms with Gasteiger partial charge in [-0.25, -0.2) is 4.79 Å².